The minimum absolute atomic E-state index is 0.0859. The predicted octanol–water partition coefficient (Wildman–Crippen LogP) is 2.37. The molecule has 0 saturated carbocycles. The third-order valence-corrected chi connectivity index (χ3v) is 5.43. The van der Waals surface area contributed by atoms with Gasteiger partial charge in [-0.3, -0.25) is 19.9 Å². The number of benzene rings is 1. The molecule has 1 aromatic carbocycles. The molecule has 35 heavy (non-hydrogen) atoms. The second-order valence-electron chi connectivity index (χ2n) is 8.27. The van der Waals surface area contributed by atoms with Gasteiger partial charge in [-0.05, 0) is 31.5 Å². The zero-order chi connectivity index (χ0) is 25.2. The largest absolute Gasteiger partial charge is 0.575 e. The fraction of sp³-hybridized carbons (Fsp3) is 0.200. The predicted molar refractivity (Wildman–Crippen MR) is 118 cm³/mol. The zero-order valence-corrected chi connectivity index (χ0v) is 18.9. The van der Waals surface area contributed by atoms with Crippen molar-refractivity contribution >= 4 is 17.4 Å². The monoisotopic (exact) mass is 475 g/mol. The summed E-state index contributed by atoms with van der Waals surface area (Å²) in [5.41, 5.74) is -0.445. The SMILES string of the molecule is CC1(C)OC(=O)C(C(c2cccc([N+](=O)[O-])c2)C(C(=O)c2ccccn2)[n+]2ccccc2)=C([O-])O1. The van der Waals surface area contributed by atoms with E-state index in [1.165, 1.54) is 54.9 Å². The second kappa shape index (κ2) is 9.34. The van der Waals surface area contributed by atoms with Crippen LogP contribution in [0.5, 0.6) is 0 Å². The lowest BCUT2D eigenvalue weighted by Crippen LogP contribution is -2.50. The van der Waals surface area contributed by atoms with Crippen LogP contribution in [0.25, 0.3) is 0 Å². The lowest BCUT2D eigenvalue weighted by Gasteiger charge is -2.41. The third-order valence-electron chi connectivity index (χ3n) is 5.43. The van der Waals surface area contributed by atoms with Crippen molar-refractivity contribution in [3.63, 3.8) is 0 Å². The minimum Gasteiger partial charge on any atom is -0.575 e. The van der Waals surface area contributed by atoms with Crippen molar-refractivity contribution in [3.05, 3.63) is 112 Å². The molecule has 0 amide bonds. The number of ketones is 1. The maximum absolute atomic E-state index is 13.8. The molecule has 4 rings (SSSR count). The van der Waals surface area contributed by atoms with E-state index in [1.807, 2.05) is 0 Å². The summed E-state index contributed by atoms with van der Waals surface area (Å²) in [5, 5.41) is 24.6. The third kappa shape index (κ3) is 4.86. The first-order valence-corrected chi connectivity index (χ1v) is 10.7. The summed E-state index contributed by atoms with van der Waals surface area (Å²) in [6, 6.07) is 14.1. The minimum atomic E-state index is -1.51. The molecule has 0 aliphatic carbocycles. The van der Waals surface area contributed by atoms with Crippen molar-refractivity contribution in [1.29, 1.82) is 0 Å². The maximum atomic E-state index is 13.8. The number of rotatable bonds is 7. The van der Waals surface area contributed by atoms with Gasteiger partial charge in [0.25, 0.3) is 5.69 Å². The van der Waals surface area contributed by atoms with Gasteiger partial charge in [-0.1, -0.05) is 24.3 Å². The van der Waals surface area contributed by atoms with Gasteiger partial charge < -0.3 is 14.6 Å². The molecule has 0 radical (unpaired) electrons. The van der Waals surface area contributed by atoms with Crippen molar-refractivity contribution in [2.24, 2.45) is 0 Å². The van der Waals surface area contributed by atoms with E-state index in [4.69, 9.17) is 9.47 Å². The Morgan fingerprint density at radius 3 is 2.43 bits per heavy atom. The van der Waals surface area contributed by atoms with E-state index in [0.717, 1.165) is 0 Å². The molecule has 1 aliphatic rings. The first kappa shape index (κ1) is 23.6. The van der Waals surface area contributed by atoms with E-state index < -0.39 is 45.9 Å². The molecular formula is C25H21N3O7. The number of hydrogen-bond acceptors (Lipinski definition) is 8. The van der Waals surface area contributed by atoms with Crippen LogP contribution in [0.2, 0.25) is 0 Å². The van der Waals surface area contributed by atoms with E-state index in [1.54, 1.807) is 42.7 Å². The van der Waals surface area contributed by atoms with Gasteiger partial charge >= 0.3 is 5.97 Å². The van der Waals surface area contributed by atoms with E-state index >= 15 is 0 Å². The first-order chi connectivity index (χ1) is 16.7. The van der Waals surface area contributed by atoms with Gasteiger partial charge in [-0.15, -0.1) is 0 Å². The summed E-state index contributed by atoms with van der Waals surface area (Å²) in [5.74, 6) is -5.26. The number of Topliss-reactive ketones (excluding diaryl/α,β-unsaturated/α-hetero) is 1. The Kier molecular flexibility index (Phi) is 6.28. The van der Waals surface area contributed by atoms with Crippen LogP contribution in [0.3, 0.4) is 0 Å². The van der Waals surface area contributed by atoms with Crippen LogP contribution in [-0.2, 0) is 14.3 Å². The fourth-order valence-electron chi connectivity index (χ4n) is 3.97. The molecule has 1 aliphatic heterocycles. The van der Waals surface area contributed by atoms with Crippen molar-refractivity contribution in [2.75, 3.05) is 0 Å². The topological polar surface area (TPSA) is 136 Å². The molecule has 3 aromatic rings. The smallest absolute Gasteiger partial charge is 0.338 e. The van der Waals surface area contributed by atoms with E-state index in [2.05, 4.69) is 4.98 Å². The Hall–Kier alpha value is -4.60. The summed E-state index contributed by atoms with van der Waals surface area (Å²) in [6.45, 7) is 2.81. The number of hydrogen-bond donors (Lipinski definition) is 0. The highest BCUT2D eigenvalue weighted by Crippen LogP contribution is 2.40. The molecule has 3 heterocycles. The van der Waals surface area contributed by atoms with Gasteiger partial charge in [0.05, 0.1) is 22.4 Å². The molecule has 0 saturated heterocycles. The Balaban J connectivity index is 1.99. The Morgan fingerprint density at radius 2 is 1.80 bits per heavy atom. The quantitative estimate of drug-likeness (QED) is 0.167. The fourth-order valence-corrected chi connectivity index (χ4v) is 3.97. The number of esters is 1. The van der Waals surface area contributed by atoms with E-state index in [0.29, 0.717) is 0 Å². The average molecular weight is 475 g/mol. The van der Waals surface area contributed by atoms with Crippen LogP contribution in [-0.4, -0.2) is 27.4 Å². The van der Waals surface area contributed by atoms with Gasteiger partial charge in [0.15, 0.2) is 18.2 Å². The molecule has 2 unspecified atom stereocenters. The van der Waals surface area contributed by atoms with E-state index in [-0.39, 0.29) is 16.9 Å². The highest BCUT2D eigenvalue weighted by molar-refractivity contribution is 5.99. The number of carbonyl (C=O) groups excluding carboxylic acids is 2. The summed E-state index contributed by atoms with van der Waals surface area (Å²) in [6.07, 6.45) is 4.64. The van der Waals surface area contributed by atoms with Crippen molar-refractivity contribution < 1.29 is 33.7 Å². The number of aromatic nitrogens is 2. The Bertz CT molecular complexity index is 1310. The number of nitro groups is 1. The molecule has 0 spiro atoms. The standard InChI is InChI=1S/C25H21N3O7/c1-25(2)34-23(30)20(24(31)35-25)19(16-9-8-10-17(15-16)28(32)33)21(27-13-6-3-7-14-27)22(29)18-11-4-5-12-26-18/h3-15,19,21H,1-2H3. The number of cyclic esters (lactones) is 1. The van der Waals surface area contributed by atoms with Gasteiger partial charge in [-0.2, -0.15) is 4.57 Å². The average Bonchev–Trinajstić information content (AvgIpc) is 2.83. The normalized spacial score (nSPS) is 16.6. The van der Waals surface area contributed by atoms with Crippen molar-refractivity contribution in [2.45, 2.75) is 31.6 Å². The molecule has 10 nitrogen and oxygen atoms in total. The summed E-state index contributed by atoms with van der Waals surface area (Å²) < 4.78 is 12.2. The van der Waals surface area contributed by atoms with Crippen LogP contribution >= 0.6 is 0 Å². The van der Waals surface area contributed by atoms with Crippen molar-refractivity contribution in [3.8, 4) is 0 Å². The Labute approximate surface area is 200 Å². The zero-order valence-electron chi connectivity index (χ0n) is 18.9. The Morgan fingerprint density at radius 1 is 1.06 bits per heavy atom. The highest BCUT2D eigenvalue weighted by Gasteiger charge is 2.46. The summed E-state index contributed by atoms with van der Waals surface area (Å²) >= 11 is 0. The number of pyridine rings is 2. The van der Waals surface area contributed by atoms with Crippen LogP contribution < -0.4 is 9.67 Å². The highest BCUT2D eigenvalue weighted by atomic mass is 16.8. The van der Waals surface area contributed by atoms with Crippen LogP contribution in [0.4, 0.5) is 5.69 Å². The molecule has 2 aromatic heterocycles. The number of non-ortho nitro benzene ring substituents is 1. The van der Waals surface area contributed by atoms with Crippen molar-refractivity contribution in [1.82, 2.24) is 4.98 Å². The molecule has 0 N–H and O–H groups in total. The summed E-state index contributed by atoms with van der Waals surface area (Å²) in [4.78, 5) is 42.0. The molecule has 0 fully saturated rings. The molecule has 0 bridgehead atoms. The van der Waals surface area contributed by atoms with Gasteiger partial charge in [-0.25, -0.2) is 4.79 Å². The van der Waals surface area contributed by atoms with Crippen LogP contribution in [0.15, 0.2) is 90.8 Å². The van der Waals surface area contributed by atoms with Gasteiger partial charge in [0.2, 0.25) is 11.8 Å². The molecule has 10 heteroatoms. The maximum Gasteiger partial charge on any atom is 0.338 e. The van der Waals surface area contributed by atoms with Gasteiger partial charge in [0.1, 0.15) is 5.69 Å². The van der Waals surface area contributed by atoms with Gasteiger partial charge in [0, 0.05) is 30.5 Å². The van der Waals surface area contributed by atoms with E-state index in [9.17, 15) is 24.8 Å². The molecule has 2 atom stereocenters. The van der Waals surface area contributed by atoms with Crippen LogP contribution in [0, 0.1) is 10.1 Å². The number of nitrogens with zero attached hydrogens (tertiary/aromatic N) is 3. The lowest BCUT2D eigenvalue weighted by molar-refractivity contribution is -0.710. The summed E-state index contributed by atoms with van der Waals surface area (Å²) in [7, 11) is 0. The molecule has 178 valence electrons. The first-order valence-electron chi connectivity index (χ1n) is 10.7. The lowest BCUT2D eigenvalue weighted by atomic mass is 9.81. The second-order valence-corrected chi connectivity index (χ2v) is 8.27. The molecular weight excluding hydrogens is 454 g/mol. The van der Waals surface area contributed by atoms with Crippen LogP contribution in [0.1, 0.15) is 41.9 Å². The number of ether oxygens (including phenoxy) is 2. The number of carbonyl (C=O) groups is 2. The number of nitro benzene ring substituents is 1.